The van der Waals surface area contributed by atoms with Gasteiger partial charge in [-0.2, -0.15) is 4.99 Å². The summed E-state index contributed by atoms with van der Waals surface area (Å²) in [5.74, 6) is 0.388. The van der Waals surface area contributed by atoms with Gasteiger partial charge in [-0.25, -0.2) is 0 Å². The van der Waals surface area contributed by atoms with Gasteiger partial charge in [0.05, 0.1) is 20.3 Å². The van der Waals surface area contributed by atoms with Crippen LogP contribution in [0.4, 0.5) is 5.82 Å². The third kappa shape index (κ3) is 3.43. The zero-order valence-electron chi connectivity index (χ0n) is 5.11. The zero-order chi connectivity index (χ0) is 8.10. The molecule has 0 amide bonds. The van der Waals surface area contributed by atoms with Crippen molar-refractivity contribution >= 4 is 41.3 Å². The summed E-state index contributed by atoms with van der Waals surface area (Å²) in [6.07, 6.45) is 1.47. The number of hydrogen-bond acceptors (Lipinski definition) is 4. The Balaban J connectivity index is 2.89. The molecule has 0 aliphatic heterocycles. The Morgan fingerprint density at radius 1 is 1.55 bits per heavy atom. The minimum atomic E-state index is -0.976. The molecule has 0 N–H and O–H groups in total. The summed E-state index contributed by atoms with van der Waals surface area (Å²) in [7, 11) is 9.73. The summed E-state index contributed by atoms with van der Waals surface area (Å²) in [6.45, 7) is 0. The van der Waals surface area contributed by atoms with E-state index in [2.05, 4.69) is 25.6 Å². The zero-order valence-corrected chi connectivity index (χ0v) is 7.44. The van der Waals surface area contributed by atoms with Gasteiger partial charge in [0.2, 0.25) is 0 Å². The molecular formula is C4H2Cl2N4S. The number of hydrogen-bond donors (Lipinski definition) is 0. The molecule has 11 heavy (non-hydrogen) atoms. The number of halogens is 2. The average Bonchev–Trinajstić information content (AvgIpc) is 2.03. The van der Waals surface area contributed by atoms with Gasteiger partial charge in [0, 0.05) is 6.07 Å². The van der Waals surface area contributed by atoms with Gasteiger partial charge in [0.25, 0.3) is 0 Å². The molecule has 1 aromatic heterocycles. The maximum atomic E-state index is 5.35. The van der Waals surface area contributed by atoms with Crippen LogP contribution in [-0.4, -0.2) is 20.6 Å². The monoisotopic (exact) mass is 208 g/mol. The van der Waals surface area contributed by atoms with Crippen LogP contribution < -0.4 is 0 Å². The van der Waals surface area contributed by atoms with Gasteiger partial charge in [0.15, 0.2) is 5.82 Å². The van der Waals surface area contributed by atoms with Crippen molar-refractivity contribution in [1.82, 2.24) is 15.4 Å². The number of aromatic nitrogens is 3. The highest BCUT2D eigenvalue weighted by molar-refractivity contribution is 8.50. The van der Waals surface area contributed by atoms with Crippen LogP contribution in [-0.2, 0) is 0 Å². The predicted octanol–water partition coefficient (Wildman–Crippen LogP) is 1.98. The van der Waals surface area contributed by atoms with E-state index >= 15 is 0 Å². The Labute approximate surface area is 74.2 Å². The fourth-order valence-corrected chi connectivity index (χ4v) is 0.745. The Morgan fingerprint density at radius 2 is 2.36 bits per heavy atom. The first kappa shape index (κ1) is 8.62. The Morgan fingerprint density at radius 3 is 2.91 bits per heavy atom. The maximum Gasteiger partial charge on any atom is 0.187 e. The average molecular weight is 209 g/mol. The summed E-state index contributed by atoms with van der Waals surface area (Å²) in [4.78, 5) is 3.69. The molecule has 0 aliphatic rings. The SMILES string of the molecule is ClS(Cl)=C=Nc1ccnnn1. The summed E-state index contributed by atoms with van der Waals surface area (Å²) in [6, 6.07) is 1.57. The van der Waals surface area contributed by atoms with Gasteiger partial charge >= 0.3 is 0 Å². The highest BCUT2D eigenvalue weighted by Gasteiger charge is 1.85. The smallest absolute Gasteiger partial charge is 0.175 e. The molecule has 0 bridgehead atoms. The molecule has 0 radical (unpaired) electrons. The molecular weight excluding hydrogens is 207 g/mol. The van der Waals surface area contributed by atoms with Crippen LogP contribution in [0.3, 0.4) is 0 Å². The van der Waals surface area contributed by atoms with E-state index in [1.807, 2.05) is 0 Å². The van der Waals surface area contributed by atoms with Crippen LogP contribution in [0, 0.1) is 0 Å². The molecule has 0 fully saturated rings. The largest absolute Gasteiger partial charge is 0.187 e. The van der Waals surface area contributed by atoms with Gasteiger partial charge in [-0.1, -0.05) is 0 Å². The molecule has 1 heterocycles. The van der Waals surface area contributed by atoms with Crippen LogP contribution in [0.25, 0.3) is 0 Å². The molecule has 0 unspecified atom stereocenters. The Kier molecular flexibility index (Phi) is 3.45. The first-order valence-electron chi connectivity index (χ1n) is 2.46. The van der Waals surface area contributed by atoms with E-state index in [1.54, 1.807) is 6.07 Å². The Bertz CT molecular complexity index is 290. The summed E-state index contributed by atoms with van der Waals surface area (Å²) in [5, 5.41) is 12.8. The minimum Gasteiger partial charge on any atom is -0.175 e. The second-order valence-corrected chi connectivity index (χ2v) is 4.33. The predicted molar refractivity (Wildman–Crippen MR) is 46.2 cm³/mol. The lowest BCUT2D eigenvalue weighted by molar-refractivity contribution is 0.866. The second kappa shape index (κ2) is 4.41. The van der Waals surface area contributed by atoms with Crippen molar-refractivity contribution in [3.63, 3.8) is 0 Å². The fourth-order valence-electron chi connectivity index (χ4n) is 0.376. The van der Waals surface area contributed by atoms with Gasteiger partial charge in [0.1, 0.15) is 0 Å². The second-order valence-electron chi connectivity index (χ2n) is 1.39. The molecule has 4 nitrogen and oxygen atoms in total. The first-order chi connectivity index (χ1) is 5.29. The highest BCUT2D eigenvalue weighted by atomic mass is 36.0. The first-order valence-corrected chi connectivity index (χ1v) is 5.34. The van der Waals surface area contributed by atoms with Gasteiger partial charge < -0.3 is 0 Å². The third-order valence-corrected chi connectivity index (χ3v) is 1.36. The number of rotatable bonds is 1. The van der Waals surface area contributed by atoms with E-state index in [0.717, 1.165) is 0 Å². The van der Waals surface area contributed by atoms with Gasteiger partial charge in [-0.3, -0.25) is 0 Å². The molecule has 1 rings (SSSR count). The van der Waals surface area contributed by atoms with Crippen molar-refractivity contribution in [2.45, 2.75) is 0 Å². The topological polar surface area (TPSA) is 51.0 Å². The lowest BCUT2D eigenvalue weighted by Gasteiger charge is -1.82. The molecule has 1 aromatic rings. The quantitative estimate of drug-likeness (QED) is 0.524. The van der Waals surface area contributed by atoms with Crippen molar-refractivity contribution in [2.24, 2.45) is 4.99 Å². The summed E-state index contributed by atoms with van der Waals surface area (Å²) >= 11 is 0. The van der Waals surface area contributed by atoms with Crippen LogP contribution in [0.5, 0.6) is 0 Å². The third-order valence-electron chi connectivity index (χ3n) is 0.718. The maximum absolute atomic E-state index is 5.35. The molecule has 0 saturated carbocycles. The van der Waals surface area contributed by atoms with Crippen molar-refractivity contribution in [1.29, 1.82) is 0 Å². The van der Waals surface area contributed by atoms with Crippen molar-refractivity contribution in [3.05, 3.63) is 12.3 Å². The van der Waals surface area contributed by atoms with Crippen LogP contribution in [0.2, 0.25) is 0 Å². The van der Waals surface area contributed by atoms with Crippen LogP contribution in [0.15, 0.2) is 17.3 Å². The summed E-state index contributed by atoms with van der Waals surface area (Å²) in [5.41, 5.74) is 0. The molecule has 7 heteroatoms. The van der Waals surface area contributed by atoms with E-state index in [9.17, 15) is 0 Å². The van der Waals surface area contributed by atoms with E-state index < -0.39 is 8.91 Å². The van der Waals surface area contributed by atoms with Crippen molar-refractivity contribution in [3.8, 4) is 0 Å². The van der Waals surface area contributed by atoms with Crippen LogP contribution >= 0.6 is 30.3 Å². The van der Waals surface area contributed by atoms with E-state index in [1.165, 1.54) is 6.20 Å². The molecule has 0 atom stereocenters. The standard InChI is InChI=1S/C4H2Cl2N4S/c5-11(6)3-7-4-1-2-8-10-9-4/h1-2H. The minimum absolute atomic E-state index is 0.388. The molecule has 0 saturated heterocycles. The summed E-state index contributed by atoms with van der Waals surface area (Å²) < 4.78 is 0. The van der Waals surface area contributed by atoms with E-state index in [4.69, 9.17) is 21.4 Å². The van der Waals surface area contributed by atoms with Gasteiger partial charge in [-0.05, 0) is 26.6 Å². The molecule has 0 spiro atoms. The molecule has 0 aliphatic carbocycles. The van der Waals surface area contributed by atoms with Crippen molar-refractivity contribution in [2.75, 3.05) is 0 Å². The van der Waals surface area contributed by atoms with E-state index in [0.29, 0.717) is 5.82 Å². The highest BCUT2D eigenvalue weighted by Crippen LogP contribution is 2.21. The van der Waals surface area contributed by atoms with Gasteiger partial charge in [-0.15, -0.1) is 10.2 Å². The molecule has 0 aromatic carbocycles. The van der Waals surface area contributed by atoms with E-state index in [-0.39, 0.29) is 0 Å². The van der Waals surface area contributed by atoms with Crippen molar-refractivity contribution < 1.29 is 0 Å². The number of aliphatic imine (C=N–C) groups is 1. The lowest BCUT2D eigenvalue weighted by atomic mass is 10.6. The Hall–Kier alpha value is -0.480. The fraction of sp³-hybridized carbons (Fsp3) is 0. The van der Waals surface area contributed by atoms with Crippen LogP contribution in [0.1, 0.15) is 0 Å². The lowest BCUT2D eigenvalue weighted by Crippen LogP contribution is -1.81. The molecule has 58 valence electrons. The normalized spacial score (nSPS) is 9.36. The number of nitrogens with zero attached hydrogens (tertiary/aromatic N) is 4. The number of isothiocyanates is 1.